The van der Waals surface area contributed by atoms with E-state index in [4.69, 9.17) is 0 Å². The van der Waals surface area contributed by atoms with Gasteiger partial charge in [-0.3, -0.25) is 4.79 Å². The summed E-state index contributed by atoms with van der Waals surface area (Å²) in [7, 11) is 3.51. The Balaban J connectivity index is 0.00000312. The summed E-state index contributed by atoms with van der Waals surface area (Å²) >= 11 is 0. The second-order valence-corrected chi connectivity index (χ2v) is 6.71. The van der Waals surface area contributed by atoms with Crippen molar-refractivity contribution >= 4 is 35.8 Å². The van der Waals surface area contributed by atoms with Crippen molar-refractivity contribution in [1.29, 1.82) is 0 Å². The highest BCUT2D eigenvalue weighted by Crippen LogP contribution is 2.17. The molecule has 1 aliphatic rings. The van der Waals surface area contributed by atoms with Gasteiger partial charge in [0.1, 0.15) is 6.54 Å². The lowest BCUT2D eigenvalue weighted by molar-refractivity contribution is -0.127. The zero-order chi connectivity index (χ0) is 17.4. The van der Waals surface area contributed by atoms with Crippen LogP contribution in [0.4, 0.5) is 0 Å². The van der Waals surface area contributed by atoms with E-state index in [1.165, 1.54) is 37.7 Å². The molecular weight excluding hydrogens is 427 g/mol. The highest BCUT2D eigenvalue weighted by atomic mass is 127. The summed E-state index contributed by atoms with van der Waals surface area (Å²) in [5, 5.41) is 6.96. The van der Waals surface area contributed by atoms with E-state index in [2.05, 4.69) is 34.7 Å². The number of carbonyl (C=O) groups excluding carboxylic acids is 1. The van der Waals surface area contributed by atoms with E-state index in [0.717, 1.165) is 5.96 Å². The Kier molecular flexibility index (Phi) is 9.85. The van der Waals surface area contributed by atoms with Gasteiger partial charge in [0.05, 0.1) is 6.04 Å². The molecule has 25 heavy (non-hydrogen) atoms. The lowest BCUT2D eigenvalue weighted by atomic mass is 9.96. The topological polar surface area (TPSA) is 56.7 Å². The van der Waals surface area contributed by atoms with Gasteiger partial charge in [-0.2, -0.15) is 0 Å². The molecule has 0 radical (unpaired) electrons. The van der Waals surface area contributed by atoms with Gasteiger partial charge >= 0.3 is 0 Å². The molecule has 1 aliphatic carbocycles. The van der Waals surface area contributed by atoms with Crippen LogP contribution in [0.2, 0.25) is 0 Å². The summed E-state index contributed by atoms with van der Waals surface area (Å²) in [4.78, 5) is 17.9. The molecule has 0 saturated heterocycles. The fourth-order valence-electron chi connectivity index (χ4n) is 2.89. The van der Waals surface area contributed by atoms with Crippen molar-refractivity contribution in [1.82, 2.24) is 15.5 Å². The van der Waals surface area contributed by atoms with Crippen molar-refractivity contribution in [2.45, 2.75) is 51.1 Å². The standard InChI is InChI=1S/C19H30N4O.HI/c1-15(16-10-6-4-7-11-16)21-19(20-14-18(24)23(2)3)22-17-12-8-5-9-13-17;/h4,6-7,10-11,15,17H,5,8-9,12-14H2,1-3H3,(H2,20,21,22);1H. The zero-order valence-electron chi connectivity index (χ0n) is 15.5. The molecule has 1 fully saturated rings. The van der Waals surface area contributed by atoms with Crippen molar-refractivity contribution in [3.63, 3.8) is 0 Å². The Hall–Kier alpha value is -1.31. The Bertz CT molecular complexity index is 542. The molecule has 5 nitrogen and oxygen atoms in total. The fourth-order valence-corrected chi connectivity index (χ4v) is 2.89. The second kappa shape index (κ2) is 11.3. The molecule has 1 atom stereocenters. The maximum Gasteiger partial charge on any atom is 0.243 e. The maximum absolute atomic E-state index is 11.9. The number of halogens is 1. The Labute approximate surface area is 168 Å². The van der Waals surface area contributed by atoms with Gasteiger partial charge in [0.15, 0.2) is 5.96 Å². The third-order valence-electron chi connectivity index (χ3n) is 4.47. The number of benzene rings is 1. The minimum Gasteiger partial charge on any atom is -0.354 e. The third kappa shape index (κ3) is 7.63. The number of rotatable bonds is 5. The van der Waals surface area contributed by atoms with E-state index in [1.54, 1.807) is 19.0 Å². The molecule has 2 N–H and O–H groups in total. The molecule has 0 aliphatic heterocycles. The molecule has 1 aromatic carbocycles. The number of hydrogen-bond acceptors (Lipinski definition) is 2. The Morgan fingerprint density at radius 2 is 1.84 bits per heavy atom. The normalized spacial score (nSPS) is 16.5. The van der Waals surface area contributed by atoms with Gasteiger partial charge < -0.3 is 15.5 Å². The van der Waals surface area contributed by atoms with Crippen LogP contribution in [0.1, 0.15) is 50.6 Å². The molecule has 1 unspecified atom stereocenters. The average Bonchev–Trinajstić information content (AvgIpc) is 2.60. The number of nitrogens with zero attached hydrogens (tertiary/aromatic N) is 2. The first-order valence-electron chi connectivity index (χ1n) is 8.89. The number of amides is 1. The number of aliphatic imine (C=N–C) groups is 1. The van der Waals surface area contributed by atoms with Gasteiger partial charge in [-0.15, -0.1) is 24.0 Å². The molecule has 0 heterocycles. The van der Waals surface area contributed by atoms with Crippen LogP contribution in [0, 0.1) is 0 Å². The van der Waals surface area contributed by atoms with Crippen LogP contribution in [-0.4, -0.2) is 43.4 Å². The highest BCUT2D eigenvalue weighted by molar-refractivity contribution is 14.0. The molecule has 0 spiro atoms. The van der Waals surface area contributed by atoms with Gasteiger partial charge in [-0.05, 0) is 25.3 Å². The Morgan fingerprint density at radius 3 is 2.44 bits per heavy atom. The highest BCUT2D eigenvalue weighted by Gasteiger charge is 2.16. The van der Waals surface area contributed by atoms with Gasteiger partial charge in [0.25, 0.3) is 0 Å². The minimum atomic E-state index is 0. The van der Waals surface area contributed by atoms with Crippen molar-refractivity contribution in [2.24, 2.45) is 4.99 Å². The lowest BCUT2D eigenvalue weighted by Gasteiger charge is -2.27. The molecule has 6 heteroatoms. The molecule has 0 aromatic heterocycles. The maximum atomic E-state index is 11.9. The first-order chi connectivity index (χ1) is 11.6. The van der Waals surface area contributed by atoms with Crippen LogP contribution in [0.3, 0.4) is 0 Å². The summed E-state index contributed by atoms with van der Waals surface area (Å²) in [6, 6.07) is 10.9. The van der Waals surface area contributed by atoms with Gasteiger partial charge in [0, 0.05) is 20.1 Å². The molecule has 1 aromatic rings. The smallest absolute Gasteiger partial charge is 0.243 e. The van der Waals surface area contributed by atoms with Crippen molar-refractivity contribution in [3.05, 3.63) is 35.9 Å². The van der Waals surface area contributed by atoms with Crippen LogP contribution in [-0.2, 0) is 4.79 Å². The van der Waals surface area contributed by atoms with Crippen LogP contribution in [0.15, 0.2) is 35.3 Å². The van der Waals surface area contributed by atoms with Gasteiger partial charge in [-0.25, -0.2) is 4.99 Å². The Morgan fingerprint density at radius 1 is 1.20 bits per heavy atom. The predicted molar refractivity (Wildman–Crippen MR) is 114 cm³/mol. The van der Waals surface area contributed by atoms with E-state index >= 15 is 0 Å². The zero-order valence-corrected chi connectivity index (χ0v) is 17.8. The van der Waals surface area contributed by atoms with E-state index in [-0.39, 0.29) is 42.5 Å². The number of carbonyl (C=O) groups is 1. The molecular formula is C19H31IN4O. The summed E-state index contributed by atoms with van der Waals surface area (Å²) in [6.07, 6.45) is 6.17. The summed E-state index contributed by atoms with van der Waals surface area (Å²) in [5.41, 5.74) is 1.20. The van der Waals surface area contributed by atoms with Gasteiger partial charge in [0.2, 0.25) is 5.91 Å². The monoisotopic (exact) mass is 458 g/mol. The van der Waals surface area contributed by atoms with Crippen molar-refractivity contribution in [3.8, 4) is 0 Å². The lowest BCUT2D eigenvalue weighted by Crippen LogP contribution is -2.45. The van der Waals surface area contributed by atoms with Crippen molar-refractivity contribution < 1.29 is 4.79 Å². The average molecular weight is 458 g/mol. The number of nitrogens with one attached hydrogen (secondary N) is 2. The fraction of sp³-hybridized carbons (Fsp3) is 0.579. The largest absolute Gasteiger partial charge is 0.354 e. The van der Waals surface area contributed by atoms with Crippen LogP contribution >= 0.6 is 24.0 Å². The molecule has 0 bridgehead atoms. The van der Waals surface area contributed by atoms with Gasteiger partial charge in [-0.1, -0.05) is 49.6 Å². The summed E-state index contributed by atoms with van der Waals surface area (Å²) < 4.78 is 0. The third-order valence-corrected chi connectivity index (χ3v) is 4.47. The SMILES string of the molecule is CC(NC(=NCC(=O)N(C)C)NC1CCCCC1)c1ccccc1.I. The van der Waals surface area contributed by atoms with Crippen LogP contribution in [0.5, 0.6) is 0 Å². The second-order valence-electron chi connectivity index (χ2n) is 6.71. The quantitative estimate of drug-likeness (QED) is 0.405. The first-order valence-corrected chi connectivity index (χ1v) is 8.89. The molecule has 1 saturated carbocycles. The first kappa shape index (κ1) is 21.7. The van der Waals surface area contributed by atoms with E-state index < -0.39 is 0 Å². The molecule has 2 rings (SSSR count). The summed E-state index contributed by atoms with van der Waals surface area (Å²) in [5.74, 6) is 0.737. The molecule has 1 amide bonds. The molecule has 140 valence electrons. The van der Waals surface area contributed by atoms with E-state index in [1.807, 2.05) is 18.2 Å². The summed E-state index contributed by atoms with van der Waals surface area (Å²) in [6.45, 7) is 2.28. The number of guanidine groups is 1. The minimum absolute atomic E-state index is 0. The number of likely N-dealkylation sites (N-methyl/N-ethyl adjacent to an activating group) is 1. The number of hydrogen-bond donors (Lipinski definition) is 2. The van der Waals surface area contributed by atoms with Crippen molar-refractivity contribution in [2.75, 3.05) is 20.6 Å². The van der Waals surface area contributed by atoms with Crippen LogP contribution < -0.4 is 10.6 Å². The predicted octanol–water partition coefficient (Wildman–Crippen LogP) is 3.32. The van der Waals surface area contributed by atoms with E-state index in [9.17, 15) is 4.79 Å². The van der Waals surface area contributed by atoms with E-state index in [0.29, 0.717) is 6.04 Å². The van der Waals surface area contributed by atoms with Crippen LogP contribution in [0.25, 0.3) is 0 Å².